The summed E-state index contributed by atoms with van der Waals surface area (Å²) in [4.78, 5) is 11.2. The molecule has 0 radical (unpaired) electrons. The van der Waals surface area contributed by atoms with Crippen LogP contribution in [0.5, 0.6) is 23.0 Å². The van der Waals surface area contributed by atoms with Crippen molar-refractivity contribution in [3.63, 3.8) is 0 Å². The molecule has 0 bridgehead atoms. The smallest absolute Gasteiger partial charge is 0.165 e. The SMILES string of the molecule is COc1ccc([C@H]2Oc3c(OC)cc(C=O)cc3[C@H]2C)cc1OC. The maximum atomic E-state index is 11.2. The Kier molecular flexibility index (Phi) is 4.34. The summed E-state index contributed by atoms with van der Waals surface area (Å²) >= 11 is 0. The zero-order valence-corrected chi connectivity index (χ0v) is 14.2. The first kappa shape index (κ1) is 16.2. The van der Waals surface area contributed by atoms with Gasteiger partial charge in [-0.05, 0) is 29.8 Å². The van der Waals surface area contributed by atoms with Crippen LogP contribution < -0.4 is 18.9 Å². The number of rotatable bonds is 5. The molecule has 0 aromatic heterocycles. The van der Waals surface area contributed by atoms with Crippen molar-refractivity contribution >= 4 is 6.29 Å². The number of ether oxygens (including phenoxy) is 4. The molecular weight excluding hydrogens is 308 g/mol. The third kappa shape index (κ3) is 2.56. The van der Waals surface area contributed by atoms with Crippen molar-refractivity contribution in [2.45, 2.75) is 18.9 Å². The second kappa shape index (κ2) is 6.43. The molecule has 126 valence electrons. The first-order valence-corrected chi connectivity index (χ1v) is 7.68. The minimum Gasteiger partial charge on any atom is -0.493 e. The molecule has 3 rings (SSSR count). The number of carbonyl (C=O) groups is 1. The summed E-state index contributed by atoms with van der Waals surface area (Å²) in [5.74, 6) is 2.67. The Hall–Kier alpha value is -2.69. The number of carbonyl (C=O) groups excluding carboxylic acids is 1. The molecule has 1 aliphatic heterocycles. The lowest BCUT2D eigenvalue weighted by atomic mass is 9.91. The Bertz CT molecular complexity index is 769. The minimum absolute atomic E-state index is 0.0758. The number of hydrogen-bond donors (Lipinski definition) is 0. The van der Waals surface area contributed by atoms with Crippen molar-refractivity contribution in [2.75, 3.05) is 21.3 Å². The summed E-state index contributed by atoms with van der Waals surface area (Å²) < 4.78 is 22.2. The Morgan fingerprint density at radius 3 is 2.29 bits per heavy atom. The molecule has 0 fully saturated rings. The maximum Gasteiger partial charge on any atom is 0.165 e. The van der Waals surface area contributed by atoms with Crippen LogP contribution in [0, 0.1) is 0 Å². The van der Waals surface area contributed by atoms with Crippen molar-refractivity contribution in [3.05, 3.63) is 47.0 Å². The highest BCUT2D eigenvalue weighted by Crippen LogP contribution is 2.51. The van der Waals surface area contributed by atoms with E-state index >= 15 is 0 Å². The van der Waals surface area contributed by atoms with E-state index in [9.17, 15) is 4.79 Å². The van der Waals surface area contributed by atoms with Gasteiger partial charge in [-0.2, -0.15) is 0 Å². The molecular formula is C19H20O5. The molecule has 2 aromatic carbocycles. The van der Waals surface area contributed by atoms with Gasteiger partial charge in [0.05, 0.1) is 21.3 Å². The van der Waals surface area contributed by atoms with Crippen LogP contribution in [0.1, 0.15) is 40.4 Å². The Balaban J connectivity index is 2.02. The normalized spacial score (nSPS) is 18.5. The first-order valence-electron chi connectivity index (χ1n) is 7.68. The molecule has 0 saturated carbocycles. The van der Waals surface area contributed by atoms with Gasteiger partial charge >= 0.3 is 0 Å². The van der Waals surface area contributed by atoms with E-state index in [1.807, 2.05) is 24.3 Å². The molecule has 0 amide bonds. The highest BCUT2D eigenvalue weighted by molar-refractivity contribution is 5.78. The molecule has 1 heterocycles. The van der Waals surface area contributed by atoms with E-state index < -0.39 is 0 Å². The topological polar surface area (TPSA) is 54.0 Å². The van der Waals surface area contributed by atoms with Gasteiger partial charge in [0.1, 0.15) is 12.4 Å². The summed E-state index contributed by atoms with van der Waals surface area (Å²) in [7, 11) is 4.78. The first-order chi connectivity index (χ1) is 11.6. The number of benzene rings is 2. The molecule has 5 heteroatoms. The van der Waals surface area contributed by atoms with E-state index in [-0.39, 0.29) is 12.0 Å². The summed E-state index contributed by atoms with van der Waals surface area (Å²) in [6, 6.07) is 9.29. The van der Waals surface area contributed by atoms with Gasteiger partial charge in [0.25, 0.3) is 0 Å². The van der Waals surface area contributed by atoms with Crippen LogP contribution in [0.25, 0.3) is 0 Å². The van der Waals surface area contributed by atoms with Gasteiger partial charge in [-0.1, -0.05) is 13.0 Å². The largest absolute Gasteiger partial charge is 0.493 e. The van der Waals surface area contributed by atoms with Gasteiger partial charge < -0.3 is 18.9 Å². The van der Waals surface area contributed by atoms with Crippen LogP contribution in [-0.4, -0.2) is 27.6 Å². The quantitative estimate of drug-likeness (QED) is 0.782. The number of methoxy groups -OCH3 is 3. The van der Waals surface area contributed by atoms with E-state index in [1.54, 1.807) is 27.4 Å². The van der Waals surface area contributed by atoms with Gasteiger partial charge in [0.2, 0.25) is 0 Å². The predicted molar refractivity (Wildman–Crippen MR) is 89.7 cm³/mol. The Labute approximate surface area is 141 Å². The molecule has 0 saturated heterocycles. The Morgan fingerprint density at radius 2 is 1.67 bits per heavy atom. The average Bonchev–Trinajstić information content (AvgIpc) is 2.97. The van der Waals surface area contributed by atoms with Gasteiger partial charge in [0, 0.05) is 17.0 Å². The molecule has 0 N–H and O–H groups in total. The second-order valence-corrected chi connectivity index (χ2v) is 5.70. The van der Waals surface area contributed by atoms with Crippen molar-refractivity contribution in [1.29, 1.82) is 0 Å². The van der Waals surface area contributed by atoms with Crippen LogP contribution in [0.4, 0.5) is 0 Å². The maximum absolute atomic E-state index is 11.2. The Morgan fingerprint density at radius 1 is 0.958 bits per heavy atom. The molecule has 5 nitrogen and oxygen atoms in total. The highest BCUT2D eigenvalue weighted by Gasteiger charge is 2.35. The summed E-state index contributed by atoms with van der Waals surface area (Å²) in [6.45, 7) is 2.07. The molecule has 0 unspecified atom stereocenters. The van der Waals surface area contributed by atoms with E-state index in [0.717, 1.165) is 17.4 Å². The minimum atomic E-state index is -0.185. The van der Waals surface area contributed by atoms with Crippen molar-refractivity contribution in [3.8, 4) is 23.0 Å². The zero-order valence-electron chi connectivity index (χ0n) is 14.2. The fourth-order valence-corrected chi connectivity index (χ4v) is 3.11. The lowest BCUT2D eigenvalue weighted by molar-refractivity contribution is 0.112. The summed E-state index contributed by atoms with van der Waals surface area (Å²) in [5.41, 5.74) is 2.52. The van der Waals surface area contributed by atoms with Gasteiger partial charge in [-0.15, -0.1) is 0 Å². The van der Waals surface area contributed by atoms with Crippen LogP contribution in [0.3, 0.4) is 0 Å². The molecule has 0 aliphatic carbocycles. The van der Waals surface area contributed by atoms with E-state index in [0.29, 0.717) is 28.6 Å². The summed E-state index contributed by atoms with van der Waals surface area (Å²) in [5, 5.41) is 0. The molecule has 1 aliphatic rings. The fraction of sp³-hybridized carbons (Fsp3) is 0.316. The van der Waals surface area contributed by atoms with Gasteiger partial charge in [-0.25, -0.2) is 0 Å². The number of hydrogen-bond acceptors (Lipinski definition) is 5. The van der Waals surface area contributed by atoms with Crippen molar-refractivity contribution in [1.82, 2.24) is 0 Å². The zero-order chi connectivity index (χ0) is 17.3. The third-order valence-corrected chi connectivity index (χ3v) is 4.39. The fourth-order valence-electron chi connectivity index (χ4n) is 3.11. The van der Waals surface area contributed by atoms with Crippen molar-refractivity contribution in [2.24, 2.45) is 0 Å². The van der Waals surface area contributed by atoms with Gasteiger partial charge in [-0.3, -0.25) is 4.79 Å². The van der Waals surface area contributed by atoms with Crippen molar-refractivity contribution < 1.29 is 23.7 Å². The third-order valence-electron chi connectivity index (χ3n) is 4.39. The van der Waals surface area contributed by atoms with Gasteiger partial charge in [0.15, 0.2) is 23.0 Å². The van der Waals surface area contributed by atoms with Crippen LogP contribution in [-0.2, 0) is 0 Å². The van der Waals surface area contributed by atoms with E-state index in [4.69, 9.17) is 18.9 Å². The molecule has 2 aromatic rings. The number of fused-ring (bicyclic) bond motifs is 1. The van der Waals surface area contributed by atoms with Crippen LogP contribution in [0.2, 0.25) is 0 Å². The average molecular weight is 328 g/mol. The second-order valence-electron chi connectivity index (χ2n) is 5.70. The predicted octanol–water partition coefficient (Wildman–Crippen LogP) is 3.76. The molecule has 0 spiro atoms. The lowest BCUT2D eigenvalue weighted by Crippen LogP contribution is -2.07. The molecule has 24 heavy (non-hydrogen) atoms. The van der Waals surface area contributed by atoms with Crippen LogP contribution >= 0.6 is 0 Å². The van der Waals surface area contributed by atoms with E-state index in [2.05, 4.69) is 6.92 Å². The highest BCUT2D eigenvalue weighted by atomic mass is 16.5. The number of aldehydes is 1. The summed E-state index contributed by atoms with van der Waals surface area (Å²) in [6.07, 6.45) is 0.634. The van der Waals surface area contributed by atoms with Crippen LogP contribution in [0.15, 0.2) is 30.3 Å². The standard InChI is InChI=1S/C19H20O5/c1-11-14-7-12(10-20)8-17(23-4)19(14)24-18(11)13-5-6-15(21-2)16(9-13)22-3/h5-11,18H,1-4H3/t11-,18+/m1/s1. The van der Waals surface area contributed by atoms with E-state index in [1.165, 1.54) is 0 Å². The lowest BCUT2D eigenvalue weighted by Gasteiger charge is -2.18. The monoisotopic (exact) mass is 328 g/mol. The molecule has 2 atom stereocenters.